The van der Waals surface area contributed by atoms with E-state index < -0.39 is 21.1 Å². The van der Waals surface area contributed by atoms with Crippen LogP contribution in [0, 0.1) is 17.0 Å². The molecule has 2 aromatic carbocycles. The molecule has 1 unspecified atom stereocenters. The van der Waals surface area contributed by atoms with Gasteiger partial charge in [0.15, 0.2) is 0 Å². The van der Waals surface area contributed by atoms with E-state index in [2.05, 4.69) is 4.72 Å². The Balaban J connectivity index is 1.76. The minimum absolute atomic E-state index is 0.179. The van der Waals surface area contributed by atoms with Crippen LogP contribution in [0.3, 0.4) is 0 Å². The summed E-state index contributed by atoms with van der Waals surface area (Å²) in [5, 5.41) is 21.2. The largest absolute Gasteiger partial charge is 0.493 e. The fraction of sp³-hybridized carbons (Fsp3) is 0.294. The van der Waals surface area contributed by atoms with Gasteiger partial charge in [-0.25, -0.2) is 13.1 Å². The van der Waals surface area contributed by atoms with Crippen LogP contribution in [0.25, 0.3) is 0 Å². The molecule has 0 saturated carbocycles. The van der Waals surface area contributed by atoms with E-state index in [9.17, 15) is 23.6 Å². The number of sulfonamides is 1. The lowest BCUT2D eigenvalue weighted by molar-refractivity contribution is -0.385. The standard InChI is InChI=1S/C17H18N2O6S/c1-11-2-4-14(19(21)22)9-17(11)26(23,24)18-10-15(20)12-3-5-16-13(8-12)6-7-25-16/h2-5,8-9,15,18,20H,6-7,10H2,1H3. The molecule has 1 heterocycles. The van der Waals surface area contributed by atoms with Gasteiger partial charge in [0.1, 0.15) is 5.75 Å². The van der Waals surface area contributed by atoms with Crippen molar-refractivity contribution in [3.63, 3.8) is 0 Å². The maximum atomic E-state index is 12.5. The first-order valence-electron chi connectivity index (χ1n) is 7.96. The number of nitrogens with one attached hydrogen (secondary N) is 1. The zero-order chi connectivity index (χ0) is 18.9. The number of aryl methyl sites for hydroxylation is 1. The molecule has 0 radical (unpaired) electrons. The first-order valence-corrected chi connectivity index (χ1v) is 9.44. The Kier molecular flexibility index (Phi) is 4.94. The fourth-order valence-electron chi connectivity index (χ4n) is 2.79. The number of aliphatic hydroxyl groups is 1. The van der Waals surface area contributed by atoms with Crippen molar-refractivity contribution in [1.82, 2.24) is 4.72 Å². The second kappa shape index (κ2) is 7.02. The van der Waals surface area contributed by atoms with Crippen LogP contribution in [-0.2, 0) is 16.4 Å². The monoisotopic (exact) mass is 378 g/mol. The van der Waals surface area contributed by atoms with Crippen molar-refractivity contribution < 1.29 is 23.2 Å². The number of fused-ring (bicyclic) bond motifs is 1. The molecule has 0 spiro atoms. The molecule has 138 valence electrons. The average molecular weight is 378 g/mol. The lowest BCUT2D eigenvalue weighted by atomic mass is 10.0. The lowest BCUT2D eigenvalue weighted by Gasteiger charge is -2.14. The van der Waals surface area contributed by atoms with Crippen molar-refractivity contribution in [3.8, 4) is 5.75 Å². The van der Waals surface area contributed by atoms with Gasteiger partial charge in [-0.2, -0.15) is 0 Å². The maximum Gasteiger partial charge on any atom is 0.270 e. The first-order chi connectivity index (χ1) is 12.3. The summed E-state index contributed by atoms with van der Waals surface area (Å²) in [6.07, 6.45) is -0.302. The smallest absolute Gasteiger partial charge is 0.270 e. The molecule has 0 saturated heterocycles. The van der Waals surface area contributed by atoms with E-state index in [0.29, 0.717) is 17.7 Å². The fourth-order valence-corrected chi connectivity index (χ4v) is 4.09. The van der Waals surface area contributed by atoms with Crippen LogP contribution in [0.5, 0.6) is 5.75 Å². The van der Waals surface area contributed by atoms with Gasteiger partial charge in [-0.3, -0.25) is 10.1 Å². The quantitative estimate of drug-likeness (QED) is 0.585. The van der Waals surface area contributed by atoms with E-state index in [-0.39, 0.29) is 17.1 Å². The Labute approximate surface area is 150 Å². The SMILES string of the molecule is Cc1ccc([N+](=O)[O-])cc1S(=O)(=O)NCC(O)c1ccc2c(c1)CCO2. The van der Waals surface area contributed by atoms with Crippen LogP contribution in [0.4, 0.5) is 5.69 Å². The van der Waals surface area contributed by atoms with Crippen LogP contribution < -0.4 is 9.46 Å². The molecule has 0 bridgehead atoms. The van der Waals surface area contributed by atoms with Gasteiger partial charge in [-0.1, -0.05) is 12.1 Å². The number of non-ortho nitro benzene ring substituents is 1. The molecule has 8 nitrogen and oxygen atoms in total. The summed E-state index contributed by atoms with van der Waals surface area (Å²) in [5.41, 5.74) is 1.62. The topological polar surface area (TPSA) is 119 Å². The average Bonchev–Trinajstić information content (AvgIpc) is 3.07. The highest BCUT2D eigenvalue weighted by atomic mass is 32.2. The summed E-state index contributed by atoms with van der Waals surface area (Å²) >= 11 is 0. The molecule has 2 aromatic rings. The predicted molar refractivity (Wildman–Crippen MR) is 93.6 cm³/mol. The maximum absolute atomic E-state index is 12.5. The van der Waals surface area contributed by atoms with Gasteiger partial charge >= 0.3 is 0 Å². The van der Waals surface area contributed by atoms with Crippen molar-refractivity contribution in [3.05, 3.63) is 63.2 Å². The highest BCUT2D eigenvalue weighted by Crippen LogP contribution is 2.28. The van der Waals surface area contributed by atoms with Crippen molar-refractivity contribution in [2.45, 2.75) is 24.3 Å². The predicted octanol–water partition coefficient (Wildman–Crippen LogP) is 1.85. The second-order valence-electron chi connectivity index (χ2n) is 6.04. The molecule has 26 heavy (non-hydrogen) atoms. The normalized spacial score (nSPS) is 14.5. The molecule has 1 aliphatic rings. The molecular weight excluding hydrogens is 360 g/mol. The number of nitro benzene ring substituents is 1. The Morgan fingerprint density at radius 2 is 2.08 bits per heavy atom. The number of ether oxygens (including phenoxy) is 1. The molecule has 0 fully saturated rings. The molecule has 0 aromatic heterocycles. The van der Waals surface area contributed by atoms with Crippen LogP contribution in [0.15, 0.2) is 41.3 Å². The number of rotatable bonds is 6. The van der Waals surface area contributed by atoms with Crippen molar-refractivity contribution in [1.29, 1.82) is 0 Å². The summed E-state index contributed by atoms with van der Waals surface area (Å²) < 4.78 is 32.7. The minimum atomic E-state index is -4.00. The number of nitrogens with zero attached hydrogens (tertiary/aromatic N) is 1. The van der Waals surface area contributed by atoms with Gasteiger partial charge in [0.05, 0.1) is 22.5 Å². The number of hydrogen-bond donors (Lipinski definition) is 2. The van der Waals surface area contributed by atoms with Gasteiger partial charge in [0.2, 0.25) is 10.0 Å². The summed E-state index contributed by atoms with van der Waals surface area (Å²) in [4.78, 5) is 10.0. The second-order valence-corrected chi connectivity index (χ2v) is 7.78. The van der Waals surface area contributed by atoms with E-state index in [1.807, 2.05) is 0 Å². The van der Waals surface area contributed by atoms with Gasteiger partial charge in [-0.15, -0.1) is 0 Å². The van der Waals surface area contributed by atoms with Crippen LogP contribution in [0.2, 0.25) is 0 Å². The van der Waals surface area contributed by atoms with Gasteiger partial charge in [0.25, 0.3) is 5.69 Å². The van der Waals surface area contributed by atoms with Crippen LogP contribution >= 0.6 is 0 Å². The third-order valence-corrected chi connectivity index (χ3v) is 5.80. The molecule has 0 aliphatic carbocycles. The highest BCUT2D eigenvalue weighted by molar-refractivity contribution is 7.89. The summed E-state index contributed by atoms with van der Waals surface area (Å²) in [6.45, 7) is 1.90. The number of nitro groups is 1. The van der Waals surface area contributed by atoms with Gasteiger partial charge in [0, 0.05) is 25.1 Å². The van der Waals surface area contributed by atoms with Crippen LogP contribution in [0.1, 0.15) is 22.8 Å². The first kappa shape index (κ1) is 18.3. The summed E-state index contributed by atoms with van der Waals surface area (Å²) in [6, 6.07) is 8.86. The molecule has 2 N–H and O–H groups in total. The molecule has 3 rings (SSSR count). The van der Waals surface area contributed by atoms with E-state index in [1.165, 1.54) is 12.1 Å². The van der Waals surface area contributed by atoms with Crippen molar-refractivity contribution in [2.24, 2.45) is 0 Å². The third-order valence-electron chi connectivity index (χ3n) is 4.24. The summed E-state index contributed by atoms with van der Waals surface area (Å²) in [5.74, 6) is 0.772. The lowest BCUT2D eigenvalue weighted by Crippen LogP contribution is -2.29. The molecule has 9 heteroatoms. The van der Waals surface area contributed by atoms with Crippen LogP contribution in [-0.4, -0.2) is 31.6 Å². The van der Waals surface area contributed by atoms with Gasteiger partial charge in [-0.05, 0) is 35.7 Å². The summed E-state index contributed by atoms with van der Waals surface area (Å²) in [7, 11) is -4.00. The number of hydrogen-bond acceptors (Lipinski definition) is 6. The van der Waals surface area contributed by atoms with E-state index >= 15 is 0 Å². The minimum Gasteiger partial charge on any atom is -0.493 e. The van der Waals surface area contributed by atoms with Gasteiger partial charge < -0.3 is 9.84 Å². The Hall–Kier alpha value is -2.49. The number of benzene rings is 2. The highest BCUT2D eigenvalue weighted by Gasteiger charge is 2.22. The third kappa shape index (κ3) is 3.69. The molecule has 1 atom stereocenters. The van der Waals surface area contributed by atoms with Crippen molar-refractivity contribution >= 4 is 15.7 Å². The Bertz CT molecular complexity index is 958. The zero-order valence-electron chi connectivity index (χ0n) is 14.0. The molecule has 0 amide bonds. The molecular formula is C17H18N2O6S. The van der Waals surface area contributed by atoms with E-state index in [0.717, 1.165) is 23.8 Å². The Morgan fingerprint density at radius 1 is 1.31 bits per heavy atom. The van der Waals surface area contributed by atoms with Crippen molar-refractivity contribution in [2.75, 3.05) is 13.2 Å². The zero-order valence-corrected chi connectivity index (χ0v) is 14.8. The van der Waals surface area contributed by atoms with E-state index in [4.69, 9.17) is 4.74 Å². The number of aliphatic hydroxyl groups excluding tert-OH is 1. The Morgan fingerprint density at radius 3 is 2.81 bits per heavy atom. The molecule has 1 aliphatic heterocycles. The van der Waals surface area contributed by atoms with E-state index in [1.54, 1.807) is 25.1 Å².